The number of hydrogen-bond donors (Lipinski definition) is 1. The van der Waals surface area contributed by atoms with Crippen molar-refractivity contribution in [3.8, 4) is 5.69 Å². The lowest BCUT2D eigenvalue weighted by atomic mass is 9.96. The number of thiocarbonyl (C=S) groups is 1. The number of pyridine rings is 1. The van der Waals surface area contributed by atoms with Gasteiger partial charge in [0, 0.05) is 23.3 Å². The molecule has 1 aliphatic heterocycles. The van der Waals surface area contributed by atoms with Crippen LogP contribution in [0.5, 0.6) is 0 Å². The summed E-state index contributed by atoms with van der Waals surface area (Å²) in [6.45, 7) is 4.19. The molecule has 1 fully saturated rings. The molecule has 0 radical (unpaired) electrons. The molecule has 1 N–H and O–H groups in total. The van der Waals surface area contributed by atoms with Crippen LogP contribution in [0.25, 0.3) is 5.69 Å². The van der Waals surface area contributed by atoms with Crippen LogP contribution in [0, 0.1) is 19.7 Å². The van der Waals surface area contributed by atoms with E-state index in [4.69, 9.17) is 12.2 Å². The summed E-state index contributed by atoms with van der Waals surface area (Å²) in [6.07, 6.45) is 1.77. The zero-order chi connectivity index (χ0) is 22.2. The molecule has 0 bridgehead atoms. The Morgan fingerprint density at radius 3 is 2.38 bits per heavy atom. The first kappa shape index (κ1) is 20.4. The summed E-state index contributed by atoms with van der Waals surface area (Å²) in [4.78, 5) is 6.48. The topological polar surface area (TPSA) is 33.1 Å². The number of para-hydroxylation sites is 2. The number of halogens is 1. The van der Waals surface area contributed by atoms with Crippen LogP contribution in [0.2, 0.25) is 0 Å². The molecule has 4 aromatic rings. The molecule has 2 atom stereocenters. The molecule has 1 saturated heterocycles. The highest BCUT2D eigenvalue weighted by Gasteiger charge is 2.43. The van der Waals surface area contributed by atoms with E-state index in [2.05, 4.69) is 46.9 Å². The highest BCUT2D eigenvalue weighted by atomic mass is 32.1. The largest absolute Gasteiger partial charge is 0.351 e. The summed E-state index contributed by atoms with van der Waals surface area (Å²) in [5.41, 5.74) is 5.69. The van der Waals surface area contributed by atoms with Gasteiger partial charge >= 0.3 is 0 Å². The first-order valence-electron chi connectivity index (χ1n) is 10.6. The maximum atomic E-state index is 14.9. The average molecular weight is 443 g/mol. The fourth-order valence-electron chi connectivity index (χ4n) is 4.64. The number of aryl methyl sites for hydroxylation is 1. The van der Waals surface area contributed by atoms with Gasteiger partial charge in [-0.1, -0.05) is 36.4 Å². The molecule has 0 amide bonds. The minimum absolute atomic E-state index is 0.215. The number of rotatable bonds is 4. The summed E-state index contributed by atoms with van der Waals surface area (Å²) in [5, 5.41) is 3.90. The van der Waals surface area contributed by atoms with E-state index in [1.165, 1.54) is 6.07 Å². The van der Waals surface area contributed by atoms with Crippen molar-refractivity contribution in [3.05, 3.63) is 114 Å². The van der Waals surface area contributed by atoms with Crippen LogP contribution >= 0.6 is 12.2 Å². The van der Waals surface area contributed by atoms with E-state index in [9.17, 15) is 4.39 Å². The fraction of sp³-hybridized carbons (Fsp3) is 0.154. The Bertz CT molecular complexity index is 1270. The van der Waals surface area contributed by atoms with E-state index < -0.39 is 0 Å². The van der Waals surface area contributed by atoms with Gasteiger partial charge in [-0.25, -0.2) is 4.39 Å². The quantitative estimate of drug-likeness (QED) is 0.405. The summed E-state index contributed by atoms with van der Waals surface area (Å²) in [7, 11) is 0. The number of anilines is 1. The third kappa shape index (κ3) is 3.37. The normalized spacial score (nSPS) is 18.1. The van der Waals surface area contributed by atoms with Crippen molar-refractivity contribution in [2.45, 2.75) is 25.9 Å². The van der Waals surface area contributed by atoms with E-state index in [0.717, 1.165) is 28.3 Å². The van der Waals surface area contributed by atoms with E-state index in [-0.39, 0.29) is 17.9 Å². The second-order valence-electron chi connectivity index (χ2n) is 7.95. The zero-order valence-corrected chi connectivity index (χ0v) is 18.7. The number of nitrogens with zero attached hydrogens (tertiary/aromatic N) is 3. The Kier molecular flexibility index (Phi) is 5.23. The predicted molar refractivity (Wildman–Crippen MR) is 130 cm³/mol. The minimum Gasteiger partial charge on any atom is -0.351 e. The molecule has 0 aliphatic carbocycles. The van der Waals surface area contributed by atoms with Crippen LogP contribution in [0.15, 0.2) is 85.1 Å². The Morgan fingerprint density at radius 2 is 1.66 bits per heavy atom. The molecule has 0 spiro atoms. The van der Waals surface area contributed by atoms with Gasteiger partial charge in [0.1, 0.15) is 5.82 Å². The zero-order valence-electron chi connectivity index (χ0n) is 17.9. The van der Waals surface area contributed by atoms with Gasteiger partial charge in [0.25, 0.3) is 0 Å². The maximum Gasteiger partial charge on any atom is 0.174 e. The predicted octanol–water partition coefficient (Wildman–Crippen LogP) is 5.81. The number of nitrogens with one attached hydrogen (secondary N) is 1. The van der Waals surface area contributed by atoms with Crippen molar-refractivity contribution in [1.82, 2.24) is 14.9 Å². The molecular formula is C26H23FN4S. The number of hydrogen-bond acceptors (Lipinski definition) is 2. The minimum atomic E-state index is -0.305. The standard InChI is InChI=1S/C26H23FN4S/c1-17-16-20(18(2)30(17)19-10-4-3-5-11-19)25-24(22-13-8-9-15-28-22)29-26(32)31(25)23-14-7-6-12-21(23)27/h3-16,24-25H,1-2H3,(H,29,32)/t24-,25+/m0/s1. The Morgan fingerprint density at radius 1 is 0.938 bits per heavy atom. The van der Waals surface area contributed by atoms with Gasteiger partial charge in [0.2, 0.25) is 0 Å². The fourth-order valence-corrected chi connectivity index (χ4v) is 4.98. The van der Waals surface area contributed by atoms with Gasteiger partial charge in [0.15, 0.2) is 5.11 Å². The SMILES string of the molecule is Cc1cc([C@@H]2[C@H](c3ccccn3)NC(=S)N2c2ccccc2F)c(C)n1-c1ccccc1. The van der Waals surface area contributed by atoms with Gasteiger partial charge in [-0.05, 0) is 74.1 Å². The lowest BCUT2D eigenvalue weighted by Gasteiger charge is -2.28. The number of benzene rings is 2. The van der Waals surface area contributed by atoms with Crippen LogP contribution in [0.4, 0.5) is 10.1 Å². The molecule has 0 saturated carbocycles. The van der Waals surface area contributed by atoms with Crippen LogP contribution in [0.1, 0.15) is 34.7 Å². The summed E-state index contributed by atoms with van der Waals surface area (Å²) < 4.78 is 17.2. The smallest absolute Gasteiger partial charge is 0.174 e. The van der Waals surface area contributed by atoms with Crippen LogP contribution < -0.4 is 10.2 Å². The third-order valence-electron chi connectivity index (χ3n) is 6.01. The van der Waals surface area contributed by atoms with Crippen LogP contribution in [0.3, 0.4) is 0 Å². The van der Waals surface area contributed by atoms with Crippen molar-refractivity contribution in [2.24, 2.45) is 0 Å². The molecule has 2 aromatic heterocycles. The second kappa shape index (κ2) is 8.20. The Labute approximate surface area is 192 Å². The van der Waals surface area contributed by atoms with E-state index in [1.807, 2.05) is 47.4 Å². The van der Waals surface area contributed by atoms with Crippen molar-refractivity contribution in [1.29, 1.82) is 0 Å². The van der Waals surface area contributed by atoms with Gasteiger partial charge in [-0.3, -0.25) is 4.98 Å². The summed E-state index contributed by atoms with van der Waals surface area (Å²) >= 11 is 5.73. The van der Waals surface area contributed by atoms with Crippen LogP contribution in [-0.4, -0.2) is 14.7 Å². The van der Waals surface area contributed by atoms with Crippen molar-refractivity contribution in [3.63, 3.8) is 0 Å². The second-order valence-corrected chi connectivity index (χ2v) is 8.33. The van der Waals surface area contributed by atoms with E-state index in [1.54, 1.807) is 18.3 Å². The average Bonchev–Trinajstić information content (AvgIpc) is 3.30. The summed E-state index contributed by atoms with van der Waals surface area (Å²) in [5.74, 6) is -0.305. The molecule has 3 heterocycles. The monoisotopic (exact) mass is 442 g/mol. The lowest BCUT2D eigenvalue weighted by molar-refractivity contribution is 0.556. The molecule has 32 heavy (non-hydrogen) atoms. The first-order valence-corrected chi connectivity index (χ1v) is 11.0. The molecule has 5 rings (SSSR count). The van der Waals surface area contributed by atoms with E-state index >= 15 is 0 Å². The van der Waals surface area contributed by atoms with Gasteiger partial charge < -0.3 is 14.8 Å². The molecule has 2 aromatic carbocycles. The lowest BCUT2D eigenvalue weighted by Crippen LogP contribution is -2.30. The van der Waals surface area contributed by atoms with E-state index in [0.29, 0.717) is 10.8 Å². The maximum absolute atomic E-state index is 14.9. The van der Waals surface area contributed by atoms with Gasteiger partial charge in [-0.15, -0.1) is 0 Å². The Balaban J connectivity index is 1.70. The third-order valence-corrected chi connectivity index (χ3v) is 6.33. The van der Waals surface area contributed by atoms with Crippen LogP contribution in [-0.2, 0) is 0 Å². The number of aromatic nitrogens is 2. The first-order chi connectivity index (χ1) is 15.6. The van der Waals surface area contributed by atoms with Crippen molar-refractivity contribution in [2.75, 3.05) is 4.90 Å². The summed E-state index contributed by atoms with van der Waals surface area (Å²) in [6, 6.07) is 24.6. The molecule has 1 aliphatic rings. The van der Waals surface area contributed by atoms with Crippen molar-refractivity contribution >= 4 is 23.0 Å². The Hall–Kier alpha value is -3.51. The molecule has 4 nitrogen and oxygen atoms in total. The molecule has 160 valence electrons. The van der Waals surface area contributed by atoms with Gasteiger partial charge in [0.05, 0.1) is 23.5 Å². The highest BCUT2D eigenvalue weighted by Crippen LogP contribution is 2.44. The van der Waals surface area contributed by atoms with Gasteiger partial charge in [-0.2, -0.15) is 0 Å². The molecule has 0 unspecified atom stereocenters. The van der Waals surface area contributed by atoms with Crippen molar-refractivity contribution < 1.29 is 4.39 Å². The highest BCUT2D eigenvalue weighted by molar-refractivity contribution is 7.80. The molecule has 6 heteroatoms. The molecular weight excluding hydrogens is 419 g/mol.